The van der Waals surface area contributed by atoms with Gasteiger partial charge in [-0.3, -0.25) is 0 Å². The van der Waals surface area contributed by atoms with E-state index in [0.29, 0.717) is 5.56 Å². The Morgan fingerprint density at radius 2 is 1.85 bits per heavy atom. The molecule has 1 rings (SSSR count). The number of carboxylic acids is 1. The third-order valence-corrected chi connectivity index (χ3v) is 1.51. The molecule has 3 N–H and O–H groups in total. The van der Waals surface area contributed by atoms with Gasteiger partial charge in [0, 0.05) is 0 Å². The Hall–Kier alpha value is -0.550. The van der Waals surface area contributed by atoms with E-state index in [-0.39, 0.29) is 35.3 Å². The third kappa shape index (κ3) is 3.36. The van der Waals surface area contributed by atoms with Crippen LogP contribution in [0.1, 0.15) is 11.6 Å². The number of carboxylic acid groups (broad SMARTS) is 1. The van der Waals surface area contributed by atoms with E-state index in [9.17, 15) is 9.90 Å². The molecule has 0 saturated heterocycles. The number of carbonyl (C=O) groups is 1. The second-order valence-corrected chi connectivity index (χ2v) is 2.39. The summed E-state index contributed by atoms with van der Waals surface area (Å²) in [6.07, 6.45) is 0. The van der Waals surface area contributed by atoms with E-state index >= 15 is 0 Å². The number of rotatable bonds is 2. The Kier molecular flexibility index (Phi) is 5.02. The molecular weight excluding hydrogens is 181 g/mol. The van der Waals surface area contributed by atoms with Gasteiger partial charge in [-0.2, -0.15) is 0 Å². The zero-order chi connectivity index (χ0) is 9.14. The molecule has 0 radical (unpaired) electrons. The summed E-state index contributed by atoms with van der Waals surface area (Å²) in [4.78, 5) is 10.3. The van der Waals surface area contributed by atoms with Crippen molar-refractivity contribution in [3.63, 3.8) is 0 Å². The molecule has 0 aliphatic rings. The third-order valence-electron chi connectivity index (χ3n) is 1.51. The summed E-state index contributed by atoms with van der Waals surface area (Å²) in [5.74, 6) is -1.26. The second-order valence-electron chi connectivity index (χ2n) is 2.39. The van der Waals surface area contributed by atoms with E-state index in [2.05, 4.69) is 0 Å². The zero-order valence-corrected chi connectivity index (χ0v) is 9.23. The molecular formula is C8H8NNaO3. The van der Waals surface area contributed by atoms with Crippen molar-refractivity contribution in [2.75, 3.05) is 0 Å². The van der Waals surface area contributed by atoms with Crippen molar-refractivity contribution < 1.29 is 44.6 Å². The number of hydrogen-bond acceptors (Lipinski definition) is 4. The summed E-state index contributed by atoms with van der Waals surface area (Å²) in [7, 11) is 0. The van der Waals surface area contributed by atoms with Crippen molar-refractivity contribution in [3.8, 4) is 5.75 Å². The second kappa shape index (κ2) is 5.24. The first-order valence-corrected chi connectivity index (χ1v) is 3.36. The zero-order valence-electron chi connectivity index (χ0n) is 7.23. The quantitative estimate of drug-likeness (QED) is 0.466. The predicted molar refractivity (Wildman–Crippen MR) is 40.0 cm³/mol. The molecule has 1 aromatic carbocycles. The van der Waals surface area contributed by atoms with Crippen molar-refractivity contribution in [2.24, 2.45) is 5.73 Å². The van der Waals surface area contributed by atoms with E-state index < -0.39 is 12.0 Å². The number of carbonyl (C=O) groups excluding carboxylic acids is 1. The number of benzene rings is 1. The Morgan fingerprint density at radius 1 is 1.38 bits per heavy atom. The van der Waals surface area contributed by atoms with Crippen molar-refractivity contribution in [2.45, 2.75) is 6.04 Å². The molecule has 4 nitrogen and oxygen atoms in total. The fraction of sp³-hybridized carbons (Fsp3) is 0.125. The van der Waals surface area contributed by atoms with Gasteiger partial charge in [0.05, 0.1) is 12.0 Å². The first-order chi connectivity index (χ1) is 5.61. The van der Waals surface area contributed by atoms with E-state index in [1.165, 1.54) is 24.3 Å². The van der Waals surface area contributed by atoms with Crippen LogP contribution in [0.3, 0.4) is 0 Å². The maximum Gasteiger partial charge on any atom is 1.00 e. The van der Waals surface area contributed by atoms with Crippen LogP contribution in [0.5, 0.6) is 5.75 Å². The maximum absolute atomic E-state index is 10.3. The van der Waals surface area contributed by atoms with Crippen molar-refractivity contribution >= 4 is 5.97 Å². The van der Waals surface area contributed by atoms with Crippen LogP contribution >= 0.6 is 0 Å². The fourth-order valence-corrected chi connectivity index (χ4v) is 0.818. The monoisotopic (exact) mass is 189 g/mol. The van der Waals surface area contributed by atoms with Crippen LogP contribution in [0, 0.1) is 0 Å². The molecule has 0 aliphatic heterocycles. The van der Waals surface area contributed by atoms with Crippen molar-refractivity contribution in [1.29, 1.82) is 0 Å². The summed E-state index contributed by atoms with van der Waals surface area (Å²) in [5, 5.41) is 19.2. The van der Waals surface area contributed by atoms with Crippen LogP contribution in [0.15, 0.2) is 24.3 Å². The molecule has 0 aliphatic carbocycles. The van der Waals surface area contributed by atoms with Gasteiger partial charge < -0.3 is 20.7 Å². The van der Waals surface area contributed by atoms with Crippen molar-refractivity contribution in [3.05, 3.63) is 29.8 Å². The van der Waals surface area contributed by atoms with Gasteiger partial charge in [-0.25, -0.2) is 0 Å². The Morgan fingerprint density at radius 3 is 2.23 bits per heavy atom. The van der Waals surface area contributed by atoms with Gasteiger partial charge in [0.1, 0.15) is 5.75 Å². The molecule has 0 saturated carbocycles. The Bertz CT molecular complexity index is 286. The number of aromatic hydroxyl groups is 1. The summed E-state index contributed by atoms with van der Waals surface area (Å²) in [6.45, 7) is 0. The largest absolute Gasteiger partial charge is 1.00 e. The average Bonchev–Trinajstić information content (AvgIpc) is 2.04. The van der Waals surface area contributed by atoms with Crippen LogP contribution in [0.25, 0.3) is 0 Å². The number of hydrogen-bond donors (Lipinski definition) is 2. The molecule has 0 aromatic heterocycles. The molecule has 0 heterocycles. The summed E-state index contributed by atoms with van der Waals surface area (Å²) in [6, 6.07) is 4.49. The minimum Gasteiger partial charge on any atom is -0.548 e. The van der Waals surface area contributed by atoms with Crippen LogP contribution in [0.2, 0.25) is 0 Å². The number of phenols is 1. The molecule has 0 bridgehead atoms. The van der Waals surface area contributed by atoms with Crippen LogP contribution in [-0.4, -0.2) is 11.1 Å². The predicted octanol–water partition coefficient (Wildman–Crippen LogP) is -3.85. The molecule has 13 heavy (non-hydrogen) atoms. The minimum absolute atomic E-state index is 0. The van der Waals surface area contributed by atoms with Gasteiger partial charge in [-0.15, -0.1) is 0 Å². The van der Waals surface area contributed by atoms with Gasteiger partial charge in [0.15, 0.2) is 0 Å². The molecule has 1 atom stereocenters. The van der Waals surface area contributed by atoms with E-state index in [1.807, 2.05) is 0 Å². The van der Waals surface area contributed by atoms with Gasteiger partial charge in [0.25, 0.3) is 0 Å². The molecule has 5 heteroatoms. The molecule has 0 spiro atoms. The van der Waals surface area contributed by atoms with E-state index in [0.717, 1.165) is 0 Å². The smallest absolute Gasteiger partial charge is 0.548 e. The topological polar surface area (TPSA) is 86.4 Å². The standard InChI is InChI=1S/C8H9NO3.Na/c9-7(8(11)12)5-1-3-6(10)4-2-5;/h1-4,7,10H,9H2,(H,11,12);/q;+1/p-1. The first-order valence-electron chi connectivity index (χ1n) is 3.36. The molecule has 1 unspecified atom stereocenters. The molecule has 1 aromatic rings. The number of nitrogens with two attached hydrogens (primary N) is 1. The number of phenolic OH excluding ortho intramolecular Hbond substituents is 1. The van der Waals surface area contributed by atoms with Crippen LogP contribution in [-0.2, 0) is 4.79 Å². The summed E-state index contributed by atoms with van der Waals surface area (Å²) in [5.41, 5.74) is 5.65. The van der Waals surface area contributed by atoms with Crippen molar-refractivity contribution in [1.82, 2.24) is 0 Å². The van der Waals surface area contributed by atoms with Gasteiger partial charge in [-0.1, -0.05) is 12.1 Å². The first kappa shape index (κ1) is 12.4. The van der Waals surface area contributed by atoms with E-state index in [1.54, 1.807) is 0 Å². The summed E-state index contributed by atoms with van der Waals surface area (Å²) >= 11 is 0. The normalized spacial score (nSPS) is 11.5. The maximum atomic E-state index is 10.3. The Labute approximate surface area is 97.7 Å². The molecule has 0 amide bonds. The minimum atomic E-state index is -1.33. The number of aliphatic carboxylic acids is 1. The van der Waals surface area contributed by atoms with Gasteiger partial charge in [0.2, 0.25) is 0 Å². The molecule has 0 fully saturated rings. The molecule has 64 valence electrons. The Balaban J connectivity index is 0.00000144. The van der Waals surface area contributed by atoms with Crippen LogP contribution < -0.4 is 40.4 Å². The summed E-state index contributed by atoms with van der Waals surface area (Å²) < 4.78 is 0. The fourth-order valence-electron chi connectivity index (χ4n) is 0.818. The van der Waals surface area contributed by atoms with E-state index in [4.69, 9.17) is 10.8 Å². The SMILES string of the molecule is NC(C(=O)[O-])c1ccc(O)cc1.[Na+]. The van der Waals surface area contributed by atoms with Gasteiger partial charge in [-0.05, 0) is 17.7 Å². The van der Waals surface area contributed by atoms with Crippen LogP contribution in [0.4, 0.5) is 0 Å². The van der Waals surface area contributed by atoms with Gasteiger partial charge >= 0.3 is 29.6 Å². The average molecular weight is 189 g/mol.